The first kappa shape index (κ1) is 19.0. The van der Waals surface area contributed by atoms with E-state index in [9.17, 15) is 14.7 Å². The third-order valence-electron chi connectivity index (χ3n) is 4.17. The first-order valence-electron chi connectivity index (χ1n) is 7.98. The summed E-state index contributed by atoms with van der Waals surface area (Å²) in [5, 5.41) is 10.4. The van der Waals surface area contributed by atoms with E-state index in [1.54, 1.807) is 37.3 Å². The van der Waals surface area contributed by atoms with Gasteiger partial charge in [-0.3, -0.25) is 0 Å². The minimum Gasteiger partial charge on any atom is -0.478 e. The largest absolute Gasteiger partial charge is 0.478 e. The summed E-state index contributed by atoms with van der Waals surface area (Å²) in [5.74, 6) is -2.25. The number of aromatic nitrogens is 1. The van der Waals surface area contributed by atoms with E-state index >= 15 is 0 Å². The van der Waals surface area contributed by atoms with Gasteiger partial charge < -0.3 is 14.8 Å². The third kappa shape index (κ3) is 3.31. The number of hydrogen-bond donors (Lipinski definition) is 2. The number of benzene rings is 2. The third-order valence-corrected chi connectivity index (χ3v) is 4.97. The van der Waals surface area contributed by atoms with Crippen LogP contribution in [-0.2, 0) is 15.1 Å². The van der Waals surface area contributed by atoms with Gasteiger partial charge in [-0.2, -0.15) is 0 Å². The Morgan fingerprint density at radius 2 is 1.74 bits per heavy atom. The predicted octanol–water partition coefficient (Wildman–Crippen LogP) is 4.82. The van der Waals surface area contributed by atoms with E-state index in [-0.39, 0.29) is 26.9 Å². The van der Waals surface area contributed by atoms with Gasteiger partial charge in [0.05, 0.1) is 26.9 Å². The molecular formula is C20H15Cl2NO4. The number of esters is 1. The zero-order valence-corrected chi connectivity index (χ0v) is 15.7. The standard InChI is InChI=1S/C20H15Cl2NO4/c1-12-9-10-14(21)16(17(12)22)20(19(25)26,15-8-5-11-23-15)27-18(24)13-6-3-2-4-7-13/h2-11,23H,1H3,(H,25,26). The van der Waals surface area contributed by atoms with E-state index in [1.807, 2.05) is 0 Å². The van der Waals surface area contributed by atoms with Crippen molar-refractivity contribution < 1.29 is 19.4 Å². The average Bonchev–Trinajstić information content (AvgIpc) is 3.19. The van der Waals surface area contributed by atoms with E-state index < -0.39 is 17.5 Å². The molecule has 0 aliphatic heterocycles. The molecular weight excluding hydrogens is 389 g/mol. The Kier molecular flexibility index (Phi) is 5.26. The zero-order chi connectivity index (χ0) is 19.6. The second kappa shape index (κ2) is 7.47. The quantitative estimate of drug-likeness (QED) is 0.598. The predicted molar refractivity (Wildman–Crippen MR) is 102 cm³/mol. The number of halogens is 2. The number of rotatable bonds is 5. The minimum atomic E-state index is -2.24. The van der Waals surface area contributed by atoms with Crippen LogP contribution in [0.25, 0.3) is 0 Å². The summed E-state index contributed by atoms with van der Waals surface area (Å²) < 4.78 is 5.59. The van der Waals surface area contributed by atoms with Crippen LogP contribution >= 0.6 is 23.2 Å². The van der Waals surface area contributed by atoms with Gasteiger partial charge in [0, 0.05) is 6.20 Å². The van der Waals surface area contributed by atoms with E-state index in [1.165, 1.54) is 30.5 Å². The summed E-state index contributed by atoms with van der Waals surface area (Å²) in [4.78, 5) is 28.1. The number of aliphatic carboxylic acids is 1. The average molecular weight is 404 g/mol. The number of ether oxygens (including phenoxy) is 1. The number of carbonyl (C=O) groups is 2. The molecule has 0 saturated heterocycles. The van der Waals surface area contributed by atoms with Crippen LogP contribution in [0.5, 0.6) is 0 Å². The maximum Gasteiger partial charge on any atom is 0.359 e. The van der Waals surface area contributed by atoms with Gasteiger partial charge in [0.25, 0.3) is 5.60 Å². The van der Waals surface area contributed by atoms with Gasteiger partial charge in [-0.1, -0.05) is 47.5 Å². The van der Waals surface area contributed by atoms with Gasteiger partial charge in [0.15, 0.2) is 0 Å². The molecule has 0 amide bonds. The second-order valence-corrected chi connectivity index (χ2v) is 6.66. The zero-order valence-electron chi connectivity index (χ0n) is 14.2. The molecule has 0 bridgehead atoms. The van der Waals surface area contributed by atoms with Crippen molar-refractivity contribution in [3.8, 4) is 0 Å². The Morgan fingerprint density at radius 1 is 1.04 bits per heavy atom. The van der Waals surface area contributed by atoms with Crippen LogP contribution in [0.1, 0.15) is 27.2 Å². The first-order chi connectivity index (χ1) is 12.9. The fraction of sp³-hybridized carbons (Fsp3) is 0.100. The second-order valence-electron chi connectivity index (χ2n) is 5.88. The van der Waals surface area contributed by atoms with Gasteiger partial charge in [0.2, 0.25) is 0 Å². The molecule has 2 N–H and O–H groups in total. The maximum atomic E-state index is 12.8. The number of aromatic amines is 1. The number of hydrogen-bond acceptors (Lipinski definition) is 3. The van der Waals surface area contributed by atoms with E-state index in [0.717, 1.165) is 0 Å². The van der Waals surface area contributed by atoms with Crippen molar-refractivity contribution in [3.05, 3.63) is 93.2 Å². The van der Waals surface area contributed by atoms with Crippen LogP contribution < -0.4 is 0 Å². The summed E-state index contributed by atoms with van der Waals surface area (Å²) in [5.41, 5.74) is -1.33. The molecule has 3 aromatic rings. The van der Waals surface area contributed by atoms with E-state index in [0.29, 0.717) is 5.56 Å². The molecule has 0 radical (unpaired) electrons. The lowest BCUT2D eigenvalue weighted by atomic mass is 9.88. The summed E-state index contributed by atoms with van der Waals surface area (Å²) in [6.07, 6.45) is 1.53. The van der Waals surface area contributed by atoms with Gasteiger partial charge in [-0.15, -0.1) is 0 Å². The number of carbonyl (C=O) groups excluding carboxylic acids is 1. The summed E-state index contributed by atoms with van der Waals surface area (Å²) in [6, 6.07) is 14.4. The lowest BCUT2D eigenvalue weighted by molar-refractivity contribution is -0.156. The molecule has 1 aromatic heterocycles. The molecule has 5 nitrogen and oxygen atoms in total. The molecule has 1 atom stereocenters. The van der Waals surface area contributed by atoms with Gasteiger partial charge >= 0.3 is 11.9 Å². The maximum absolute atomic E-state index is 12.8. The Balaban J connectivity index is 2.26. The number of nitrogens with one attached hydrogen (secondary N) is 1. The molecule has 27 heavy (non-hydrogen) atoms. The molecule has 2 aromatic carbocycles. The summed E-state index contributed by atoms with van der Waals surface area (Å²) >= 11 is 12.7. The molecule has 3 rings (SSSR count). The first-order valence-corrected chi connectivity index (χ1v) is 8.74. The van der Waals surface area contributed by atoms with Crippen molar-refractivity contribution in [3.63, 3.8) is 0 Å². The Hall–Kier alpha value is -2.76. The molecule has 0 aliphatic carbocycles. The highest BCUT2D eigenvalue weighted by Crippen LogP contribution is 2.43. The van der Waals surface area contributed by atoms with E-state index in [2.05, 4.69) is 4.98 Å². The van der Waals surface area contributed by atoms with Crippen LogP contribution in [0.15, 0.2) is 60.8 Å². The highest BCUT2D eigenvalue weighted by molar-refractivity contribution is 6.37. The van der Waals surface area contributed by atoms with Crippen LogP contribution in [0.4, 0.5) is 0 Å². The molecule has 0 spiro atoms. The van der Waals surface area contributed by atoms with Crippen molar-refractivity contribution in [2.24, 2.45) is 0 Å². The van der Waals surface area contributed by atoms with Crippen molar-refractivity contribution >= 4 is 35.1 Å². The minimum absolute atomic E-state index is 0.00920. The number of H-pyrrole nitrogens is 1. The van der Waals surface area contributed by atoms with Gasteiger partial charge in [-0.05, 0) is 42.8 Å². The fourth-order valence-corrected chi connectivity index (χ4v) is 3.44. The van der Waals surface area contributed by atoms with Gasteiger partial charge in [-0.25, -0.2) is 9.59 Å². The van der Waals surface area contributed by atoms with Crippen LogP contribution in [-0.4, -0.2) is 22.0 Å². The normalized spacial score (nSPS) is 13.0. The molecule has 1 unspecified atom stereocenters. The number of carboxylic acid groups (broad SMARTS) is 1. The topological polar surface area (TPSA) is 79.4 Å². The van der Waals surface area contributed by atoms with Crippen LogP contribution in [0.2, 0.25) is 10.0 Å². The molecule has 138 valence electrons. The molecule has 0 aliphatic rings. The SMILES string of the molecule is Cc1ccc(Cl)c(C(OC(=O)c2ccccc2)(C(=O)O)c2ccc[nH]2)c1Cl. The van der Waals surface area contributed by atoms with Crippen molar-refractivity contribution in [2.75, 3.05) is 0 Å². The fourth-order valence-electron chi connectivity index (χ4n) is 2.81. The summed E-state index contributed by atoms with van der Waals surface area (Å²) in [7, 11) is 0. The number of aryl methyl sites for hydroxylation is 1. The molecule has 7 heteroatoms. The lowest BCUT2D eigenvalue weighted by Crippen LogP contribution is -2.43. The highest BCUT2D eigenvalue weighted by atomic mass is 35.5. The monoisotopic (exact) mass is 403 g/mol. The molecule has 0 fully saturated rings. The highest BCUT2D eigenvalue weighted by Gasteiger charge is 2.50. The number of carboxylic acids is 1. The van der Waals surface area contributed by atoms with Crippen LogP contribution in [0.3, 0.4) is 0 Å². The van der Waals surface area contributed by atoms with E-state index in [4.69, 9.17) is 27.9 Å². The smallest absolute Gasteiger partial charge is 0.359 e. The lowest BCUT2D eigenvalue weighted by Gasteiger charge is -2.31. The van der Waals surface area contributed by atoms with Crippen LogP contribution in [0, 0.1) is 6.92 Å². The van der Waals surface area contributed by atoms with Gasteiger partial charge in [0.1, 0.15) is 0 Å². The Labute approximate surface area is 165 Å². The summed E-state index contributed by atoms with van der Waals surface area (Å²) in [6.45, 7) is 1.71. The van der Waals surface area contributed by atoms with Crippen molar-refractivity contribution in [2.45, 2.75) is 12.5 Å². The Bertz CT molecular complexity index is 987. The molecule has 0 saturated carbocycles. The molecule has 1 heterocycles. The Morgan fingerprint density at radius 3 is 2.33 bits per heavy atom. The van der Waals surface area contributed by atoms with Crippen molar-refractivity contribution in [1.82, 2.24) is 4.98 Å². The van der Waals surface area contributed by atoms with Crippen molar-refractivity contribution in [1.29, 1.82) is 0 Å².